The van der Waals surface area contributed by atoms with Crippen molar-refractivity contribution in [1.29, 1.82) is 0 Å². The third kappa shape index (κ3) is 9.07. The number of ketones is 1. The number of allylic oxidation sites excluding steroid dienone is 1. The Morgan fingerprint density at radius 1 is 1.11 bits per heavy atom. The SMILES string of the molecule is CC=C(C[NH2+]CC)C(=O)O[C@H]1CC2C(O)C3C(=O)CC(CO)OC3C3C2O[C@@]1(C)[C@H](CC1CCC(N)[NH2+]C1)CC#C[C@H](C1CCCC(O)C1)[C@@H]3C1CCNC(N)C1. The maximum atomic E-state index is 14.3. The van der Waals surface area contributed by atoms with Crippen molar-refractivity contribution >= 4 is 11.8 Å². The molecule has 13 unspecified atom stereocenters. The summed E-state index contributed by atoms with van der Waals surface area (Å²) in [5.74, 6) is 5.72. The van der Waals surface area contributed by atoms with Crippen LogP contribution in [0.5, 0.6) is 0 Å². The summed E-state index contributed by atoms with van der Waals surface area (Å²) >= 11 is 0. The van der Waals surface area contributed by atoms with Crippen LogP contribution >= 0.6 is 0 Å². The van der Waals surface area contributed by atoms with Crippen molar-refractivity contribution in [3.63, 3.8) is 0 Å². The Hall–Kier alpha value is -1.96. The van der Waals surface area contributed by atoms with E-state index in [2.05, 4.69) is 41.6 Å². The first kappa shape index (κ1) is 43.1. The van der Waals surface area contributed by atoms with Crippen LogP contribution in [0.1, 0.15) is 97.8 Å². The zero-order valence-electron chi connectivity index (χ0n) is 34.6. The number of likely N-dealkylation sites (N-methyl/N-ethyl adjacent to an activating group) is 1. The number of esters is 1. The van der Waals surface area contributed by atoms with Gasteiger partial charge in [-0.05, 0) is 96.4 Å². The number of carbonyl (C=O) groups excluding carboxylic acids is 2. The number of nitrogens with two attached hydrogens (primary N) is 4. The van der Waals surface area contributed by atoms with E-state index in [4.69, 9.17) is 25.7 Å². The highest BCUT2D eigenvalue weighted by Crippen LogP contribution is 2.57. The molecule has 7 rings (SSSR count). The molecule has 5 heterocycles. The molecule has 0 aromatic rings. The second-order valence-electron chi connectivity index (χ2n) is 19.0. The Balaban J connectivity index is 1.38. The molecule has 13 heteroatoms. The number of nitrogens with one attached hydrogen (secondary N) is 1. The second-order valence-corrected chi connectivity index (χ2v) is 19.0. The summed E-state index contributed by atoms with van der Waals surface area (Å²) in [5.41, 5.74) is 12.6. The fraction of sp³-hybridized carbons (Fsp3) is 0.864. The number of ether oxygens (including phenoxy) is 3. The van der Waals surface area contributed by atoms with Crippen LogP contribution in [-0.4, -0.2) is 114 Å². The number of aliphatic hydroxyl groups excluding tert-OH is 3. The van der Waals surface area contributed by atoms with Gasteiger partial charge in [0.25, 0.3) is 0 Å². The van der Waals surface area contributed by atoms with E-state index >= 15 is 0 Å². The summed E-state index contributed by atoms with van der Waals surface area (Å²) < 4.78 is 21.2. The van der Waals surface area contributed by atoms with E-state index in [-0.39, 0.29) is 72.6 Å². The molecule has 13 nitrogen and oxygen atoms in total. The summed E-state index contributed by atoms with van der Waals surface area (Å²) in [5, 5.41) is 41.8. The van der Waals surface area contributed by atoms with Crippen molar-refractivity contribution < 1.29 is 49.8 Å². The van der Waals surface area contributed by atoms with Crippen molar-refractivity contribution in [3.05, 3.63) is 11.6 Å². The van der Waals surface area contributed by atoms with Gasteiger partial charge in [0.05, 0.1) is 67.9 Å². The Morgan fingerprint density at radius 3 is 2.63 bits per heavy atom. The standard InChI is InChI=1S/C44H71N5O8/c1-4-25(22-47-5-2)43(54)56-34-20-32-40(53)38-33(52)19-30(23-50)55-42(38)39-37(27-14-15-48-36(46)18-27)31(26-8-6-10-29(51)17-26)11-7-9-28(44(34,3)57-41(32)39)16-24-12-13-35(45)49-21-24/h4,24,26-32,34-42,47-51,53H,5-6,8-10,12-23,45-46H2,1-3H3/p+2/t24?,26?,27?,28-,29?,30?,31+,32?,34-,35?,36?,37-,38?,39?,40?,41?,42?,44-/m0/s1. The number of quaternary nitrogens is 2. The third-order valence-corrected chi connectivity index (χ3v) is 15.5. The average molecular weight is 800 g/mol. The zero-order valence-corrected chi connectivity index (χ0v) is 34.6. The number of aliphatic hydroxyl groups is 3. The normalized spacial score (nSPS) is 46.6. The van der Waals surface area contributed by atoms with Crippen molar-refractivity contribution in [2.75, 3.05) is 32.8 Å². The van der Waals surface area contributed by atoms with Crippen molar-refractivity contribution in [3.8, 4) is 11.8 Å². The monoisotopic (exact) mass is 800 g/mol. The van der Waals surface area contributed by atoms with Gasteiger partial charge in [0, 0.05) is 48.9 Å². The largest absolute Gasteiger partial charge is 0.456 e. The van der Waals surface area contributed by atoms with Gasteiger partial charge < -0.3 is 51.2 Å². The molecular weight excluding hydrogens is 727 g/mol. The van der Waals surface area contributed by atoms with E-state index < -0.39 is 54.1 Å². The lowest BCUT2D eigenvalue weighted by molar-refractivity contribution is -0.703. The maximum Gasteiger partial charge on any atom is 0.339 e. The van der Waals surface area contributed by atoms with Gasteiger partial charge in [-0.25, -0.2) is 4.79 Å². The Labute approximate surface area is 339 Å². The molecular formula is C44H73N5O8+2. The first-order valence-electron chi connectivity index (χ1n) is 22.5. The predicted molar refractivity (Wildman–Crippen MR) is 212 cm³/mol. The molecule has 7 aliphatic rings. The van der Waals surface area contributed by atoms with E-state index in [1.807, 2.05) is 13.0 Å². The molecule has 0 aromatic carbocycles. The molecule has 0 spiro atoms. The second kappa shape index (κ2) is 18.8. The molecule has 5 aliphatic heterocycles. The maximum absolute atomic E-state index is 14.3. The summed E-state index contributed by atoms with van der Waals surface area (Å²) in [6.07, 6.45) is 6.11. The number of carbonyl (C=O) groups is 2. The minimum atomic E-state index is -1.09. The molecule has 6 fully saturated rings. The summed E-state index contributed by atoms with van der Waals surface area (Å²) in [7, 11) is 0. The van der Waals surface area contributed by atoms with Crippen LogP contribution in [-0.2, 0) is 23.8 Å². The molecule has 0 amide bonds. The van der Waals surface area contributed by atoms with Crippen LogP contribution in [0.15, 0.2) is 11.6 Å². The predicted octanol–water partition coefficient (Wildman–Crippen LogP) is -0.343. The van der Waals surface area contributed by atoms with E-state index in [0.717, 1.165) is 64.6 Å². The number of hydrogen-bond donors (Lipinski definition) is 8. The molecule has 0 aromatic heterocycles. The Kier molecular flexibility index (Phi) is 14.2. The molecule has 12 N–H and O–H groups in total. The lowest BCUT2D eigenvalue weighted by Crippen LogP contribution is -2.95. The summed E-state index contributed by atoms with van der Waals surface area (Å²) in [6, 6.07) is 0. The highest BCUT2D eigenvalue weighted by molar-refractivity contribution is 5.88. The average Bonchev–Trinajstić information content (AvgIpc) is 3.19. The van der Waals surface area contributed by atoms with Gasteiger partial charge in [-0.1, -0.05) is 18.4 Å². The topological polar surface area (TPSA) is 220 Å². The van der Waals surface area contributed by atoms with Crippen molar-refractivity contribution in [1.82, 2.24) is 5.32 Å². The summed E-state index contributed by atoms with van der Waals surface area (Å²) in [4.78, 5) is 28.3. The Morgan fingerprint density at radius 2 is 1.93 bits per heavy atom. The quantitative estimate of drug-likeness (QED) is 0.0812. The third-order valence-electron chi connectivity index (χ3n) is 15.5. The van der Waals surface area contributed by atoms with E-state index in [1.54, 1.807) is 0 Å². The highest BCUT2D eigenvalue weighted by Gasteiger charge is 2.65. The van der Waals surface area contributed by atoms with Crippen LogP contribution in [0.3, 0.4) is 0 Å². The zero-order chi connectivity index (χ0) is 40.4. The van der Waals surface area contributed by atoms with Crippen LogP contribution in [0, 0.1) is 65.1 Å². The van der Waals surface area contributed by atoms with E-state index in [1.165, 1.54) is 0 Å². The number of hydrogen-bond acceptors (Lipinski definition) is 11. The molecule has 4 saturated heterocycles. The van der Waals surface area contributed by atoms with Gasteiger partial charge in [0.2, 0.25) is 0 Å². The first-order chi connectivity index (χ1) is 27.4. The molecule has 320 valence electrons. The minimum absolute atomic E-state index is 0.0273. The molecule has 0 radical (unpaired) electrons. The van der Waals surface area contributed by atoms with Gasteiger partial charge in [-0.3, -0.25) is 10.5 Å². The first-order valence-corrected chi connectivity index (χ1v) is 22.5. The van der Waals surface area contributed by atoms with Gasteiger partial charge >= 0.3 is 5.97 Å². The van der Waals surface area contributed by atoms with E-state index in [9.17, 15) is 24.9 Å². The van der Waals surface area contributed by atoms with Gasteiger partial charge in [-0.15, -0.1) is 5.92 Å². The lowest BCUT2D eigenvalue weighted by atomic mass is 9.53. The fourth-order valence-electron chi connectivity index (χ4n) is 12.4. The molecule has 2 aliphatic carbocycles. The molecule has 57 heavy (non-hydrogen) atoms. The number of rotatable bonds is 10. The minimum Gasteiger partial charge on any atom is -0.456 e. The molecule has 18 atom stereocenters. The van der Waals surface area contributed by atoms with Crippen LogP contribution in [0.25, 0.3) is 0 Å². The van der Waals surface area contributed by atoms with Crippen molar-refractivity contribution in [2.24, 2.45) is 64.7 Å². The van der Waals surface area contributed by atoms with Gasteiger partial charge in [0.15, 0.2) is 0 Å². The van der Waals surface area contributed by atoms with Crippen LogP contribution < -0.4 is 27.4 Å². The number of fused-ring (bicyclic) bond motifs is 3. The van der Waals surface area contributed by atoms with E-state index in [0.29, 0.717) is 43.7 Å². The van der Waals surface area contributed by atoms with Crippen molar-refractivity contribution in [2.45, 2.75) is 152 Å². The molecule has 2 saturated carbocycles. The Bertz CT molecular complexity index is 1500. The number of Topliss-reactive ketones (excluding diaryl/α,β-unsaturated/α-hetero) is 1. The lowest BCUT2D eigenvalue weighted by Gasteiger charge is -2.62. The smallest absolute Gasteiger partial charge is 0.339 e. The highest BCUT2D eigenvalue weighted by atomic mass is 16.6. The van der Waals surface area contributed by atoms with Gasteiger partial charge in [-0.2, -0.15) is 0 Å². The van der Waals surface area contributed by atoms with Crippen LogP contribution in [0.4, 0.5) is 0 Å². The van der Waals surface area contributed by atoms with Gasteiger partial charge in [0.1, 0.15) is 30.2 Å². The van der Waals surface area contributed by atoms with Crippen LogP contribution in [0.2, 0.25) is 0 Å². The molecule has 2 bridgehead atoms. The fourth-order valence-corrected chi connectivity index (χ4v) is 12.4. The summed E-state index contributed by atoms with van der Waals surface area (Å²) in [6.45, 7) is 8.69. The number of piperidine rings is 2.